The van der Waals surface area contributed by atoms with Crippen LogP contribution in [-0.2, 0) is 13.1 Å². The van der Waals surface area contributed by atoms with Gasteiger partial charge in [-0.3, -0.25) is 4.79 Å². The number of rotatable bonds is 5. The van der Waals surface area contributed by atoms with Crippen molar-refractivity contribution < 1.29 is 8.78 Å². The van der Waals surface area contributed by atoms with Gasteiger partial charge in [0.15, 0.2) is 0 Å². The zero-order chi connectivity index (χ0) is 20.3. The molecule has 3 rings (SSSR count). The average Bonchev–Trinajstić information content (AvgIpc) is 2.68. The summed E-state index contributed by atoms with van der Waals surface area (Å²) in [5, 5.41) is 11.8. The Hall–Kier alpha value is -3.17. The SMILES string of the molecule is Cc1cc(NCc2ccc(F)cc2F)c(Cl)c(=O)n1Cc1ccc(C#N)cc1. The van der Waals surface area contributed by atoms with Crippen LogP contribution in [-0.4, -0.2) is 4.57 Å². The maximum atomic E-state index is 13.8. The molecule has 0 spiro atoms. The summed E-state index contributed by atoms with van der Waals surface area (Å²) >= 11 is 6.22. The molecule has 0 saturated heterocycles. The molecule has 0 radical (unpaired) electrons. The minimum absolute atomic E-state index is 0.0123. The third-order valence-electron chi connectivity index (χ3n) is 4.36. The van der Waals surface area contributed by atoms with Crippen LogP contribution in [0.1, 0.15) is 22.4 Å². The maximum absolute atomic E-state index is 13.8. The molecule has 142 valence electrons. The lowest BCUT2D eigenvalue weighted by Crippen LogP contribution is -2.24. The molecular weight excluding hydrogens is 384 g/mol. The highest BCUT2D eigenvalue weighted by atomic mass is 35.5. The lowest BCUT2D eigenvalue weighted by Gasteiger charge is -2.15. The Labute approximate surface area is 165 Å². The minimum Gasteiger partial charge on any atom is -0.379 e. The van der Waals surface area contributed by atoms with Crippen molar-refractivity contribution in [1.29, 1.82) is 5.26 Å². The molecule has 2 aromatic carbocycles. The largest absolute Gasteiger partial charge is 0.379 e. The Morgan fingerprint density at radius 3 is 2.50 bits per heavy atom. The molecule has 1 heterocycles. The van der Waals surface area contributed by atoms with Gasteiger partial charge in [-0.15, -0.1) is 0 Å². The van der Waals surface area contributed by atoms with Crippen LogP contribution in [0.25, 0.3) is 0 Å². The fourth-order valence-corrected chi connectivity index (χ4v) is 3.02. The van der Waals surface area contributed by atoms with Gasteiger partial charge in [-0.1, -0.05) is 29.8 Å². The highest BCUT2D eigenvalue weighted by Gasteiger charge is 2.12. The number of aromatic nitrogens is 1. The van der Waals surface area contributed by atoms with Gasteiger partial charge in [-0.2, -0.15) is 5.26 Å². The molecule has 0 saturated carbocycles. The van der Waals surface area contributed by atoms with E-state index in [1.165, 1.54) is 16.7 Å². The number of hydrogen-bond donors (Lipinski definition) is 1. The van der Waals surface area contributed by atoms with Gasteiger partial charge in [0.25, 0.3) is 5.56 Å². The highest BCUT2D eigenvalue weighted by molar-refractivity contribution is 6.33. The van der Waals surface area contributed by atoms with Gasteiger partial charge in [-0.05, 0) is 36.8 Å². The Bertz CT molecular complexity index is 1120. The smallest absolute Gasteiger partial charge is 0.271 e. The number of nitrogens with one attached hydrogen (secondary N) is 1. The number of aryl methyl sites for hydroxylation is 1. The molecule has 0 unspecified atom stereocenters. The second-order valence-corrected chi connectivity index (χ2v) is 6.68. The summed E-state index contributed by atoms with van der Waals surface area (Å²) in [7, 11) is 0. The summed E-state index contributed by atoms with van der Waals surface area (Å²) in [6, 6.07) is 14.0. The van der Waals surface area contributed by atoms with Crippen molar-refractivity contribution in [1.82, 2.24) is 4.57 Å². The van der Waals surface area contributed by atoms with Gasteiger partial charge >= 0.3 is 0 Å². The molecule has 3 aromatic rings. The predicted molar refractivity (Wildman–Crippen MR) is 104 cm³/mol. The lowest BCUT2D eigenvalue weighted by molar-refractivity contribution is 0.574. The summed E-state index contributed by atoms with van der Waals surface area (Å²) < 4.78 is 28.3. The molecule has 0 aliphatic heterocycles. The lowest BCUT2D eigenvalue weighted by atomic mass is 10.1. The third kappa shape index (κ3) is 4.21. The normalized spacial score (nSPS) is 10.5. The van der Waals surface area contributed by atoms with Crippen LogP contribution in [0, 0.1) is 29.9 Å². The number of hydrogen-bond acceptors (Lipinski definition) is 3. The van der Waals surface area contributed by atoms with E-state index in [0.29, 0.717) is 23.5 Å². The Kier molecular flexibility index (Phi) is 5.76. The highest BCUT2D eigenvalue weighted by Crippen LogP contribution is 2.21. The molecule has 0 amide bonds. The Morgan fingerprint density at radius 1 is 1.14 bits per heavy atom. The molecule has 0 fully saturated rings. The van der Waals surface area contributed by atoms with Gasteiger partial charge in [0.2, 0.25) is 0 Å². The summed E-state index contributed by atoms with van der Waals surface area (Å²) in [6.07, 6.45) is 0. The topological polar surface area (TPSA) is 57.8 Å². The first-order chi connectivity index (χ1) is 13.4. The van der Waals surface area contributed by atoms with Crippen LogP contribution < -0.4 is 10.9 Å². The fourth-order valence-electron chi connectivity index (χ4n) is 2.79. The standard InChI is InChI=1S/C21H16ClF2N3O/c1-13-8-19(26-11-16-6-7-17(23)9-18(16)24)20(22)21(28)27(13)12-15-4-2-14(10-25)3-5-15/h2-9,26H,11-12H2,1H3. The second-order valence-electron chi connectivity index (χ2n) is 6.30. The number of nitrogens with zero attached hydrogens (tertiary/aromatic N) is 2. The monoisotopic (exact) mass is 399 g/mol. The zero-order valence-corrected chi connectivity index (χ0v) is 15.7. The van der Waals surface area contributed by atoms with Crippen molar-refractivity contribution >= 4 is 17.3 Å². The number of nitriles is 1. The van der Waals surface area contributed by atoms with Gasteiger partial charge in [0.05, 0.1) is 23.9 Å². The van der Waals surface area contributed by atoms with Crippen molar-refractivity contribution in [2.75, 3.05) is 5.32 Å². The molecule has 1 N–H and O–H groups in total. The number of benzene rings is 2. The van der Waals surface area contributed by atoms with E-state index in [-0.39, 0.29) is 22.7 Å². The van der Waals surface area contributed by atoms with E-state index < -0.39 is 11.6 Å². The van der Waals surface area contributed by atoms with Crippen LogP contribution in [0.3, 0.4) is 0 Å². The number of halogens is 3. The van der Waals surface area contributed by atoms with Crippen LogP contribution in [0.15, 0.2) is 53.3 Å². The van der Waals surface area contributed by atoms with Crippen molar-refractivity contribution in [3.8, 4) is 6.07 Å². The van der Waals surface area contributed by atoms with Gasteiger partial charge in [0.1, 0.15) is 16.7 Å². The second kappa shape index (κ2) is 8.24. The van der Waals surface area contributed by atoms with Gasteiger partial charge < -0.3 is 9.88 Å². The van der Waals surface area contributed by atoms with Gasteiger partial charge in [-0.25, -0.2) is 8.78 Å². The van der Waals surface area contributed by atoms with Crippen LogP contribution >= 0.6 is 11.6 Å². The summed E-state index contributed by atoms with van der Waals surface area (Å²) in [6.45, 7) is 2.14. The molecule has 0 aliphatic rings. The molecule has 0 aliphatic carbocycles. The van der Waals surface area contributed by atoms with Crippen molar-refractivity contribution in [2.45, 2.75) is 20.0 Å². The first kappa shape index (κ1) is 19.6. The first-order valence-electron chi connectivity index (χ1n) is 8.46. The van der Waals surface area contributed by atoms with Crippen LogP contribution in [0.4, 0.5) is 14.5 Å². The van der Waals surface area contributed by atoms with E-state index in [9.17, 15) is 13.6 Å². The van der Waals surface area contributed by atoms with E-state index in [4.69, 9.17) is 16.9 Å². The average molecular weight is 400 g/mol. The quantitative estimate of drug-likeness (QED) is 0.681. The Balaban J connectivity index is 1.83. The maximum Gasteiger partial charge on any atom is 0.271 e. The van der Waals surface area contributed by atoms with Gasteiger partial charge in [0, 0.05) is 23.9 Å². The summed E-state index contributed by atoms with van der Waals surface area (Å²) in [5.74, 6) is -1.32. The molecule has 4 nitrogen and oxygen atoms in total. The third-order valence-corrected chi connectivity index (χ3v) is 4.72. The van der Waals surface area contributed by atoms with Crippen molar-refractivity contribution in [2.24, 2.45) is 0 Å². The van der Waals surface area contributed by atoms with E-state index in [1.54, 1.807) is 37.3 Å². The minimum atomic E-state index is -0.672. The van der Waals surface area contributed by atoms with E-state index in [1.807, 2.05) is 6.07 Å². The molecule has 0 bridgehead atoms. The van der Waals surface area contributed by atoms with Crippen LogP contribution in [0.2, 0.25) is 5.02 Å². The van der Waals surface area contributed by atoms with Crippen LogP contribution in [0.5, 0.6) is 0 Å². The molecule has 0 atom stereocenters. The molecular formula is C21H16ClF2N3O. The fraction of sp³-hybridized carbons (Fsp3) is 0.143. The van der Waals surface area contributed by atoms with E-state index in [0.717, 1.165) is 11.6 Å². The summed E-state index contributed by atoms with van der Waals surface area (Å²) in [4.78, 5) is 12.7. The van der Waals surface area contributed by atoms with E-state index >= 15 is 0 Å². The molecule has 7 heteroatoms. The number of pyridine rings is 1. The summed E-state index contributed by atoms with van der Waals surface area (Å²) in [5.41, 5.74) is 2.32. The zero-order valence-electron chi connectivity index (χ0n) is 15.0. The first-order valence-corrected chi connectivity index (χ1v) is 8.83. The number of anilines is 1. The molecule has 1 aromatic heterocycles. The van der Waals surface area contributed by atoms with E-state index in [2.05, 4.69) is 5.32 Å². The van der Waals surface area contributed by atoms with Crippen molar-refractivity contribution in [3.05, 3.63) is 97.9 Å². The van der Waals surface area contributed by atoms with Crippen molar-refractivity contribution in [3.63, 3.8) is 0 Å². The predicted octanol–water partition coefficient (Wildman–Crippen LogP) is 4.62. The molecule has 28 heavy (non-hydrogen) atoms. The Morgan fingerprint density at radius 2 is 1.86 bits per heavy atom.